The molecule has 2 fully saturated rings. The number of rotatable bonds is 7. The van der Waals surface area contributed by atoms with Crippen LogP contribution in [0.25, 0.3) is 0 Å². The van der Waals surface area contributed by atoms with E-state index in [1.165, 1.54) is 6.92 Å². The van der Waals surface area contributed by atoms with E-state index in [2.05, 4.69) is 58.7 Å². The van der Waals surface area contributed by atoms with Crippen LogP contribution in [0, 0.1) is 5.92 Å². The zero-order valence-corrected chi connectivity index (χ0v) is 20.1. The summed E-state index contributed by atoms with van der Waals surface area (Å²) in [5, 5.41) is 2.24. The number of hydrogen-bond acceptors (Lipinski definition) is 6. The monoisotopic (exact) mass is 433 g/mol. The maximum absolute atomic E-state index is 11.3. The fourth-order valence-electron chi connectivity index (χ4n) is 5.13. The Balaban J connectivity index is 1.88. The van der Waals surface area contributed by atoms with E-state index >= 15 is 0 Å². The Morgan fingerprint density at radius 2 is 1.90 bits per heavy atom. The van der Waals surface area contributed by atoms with E-state index in [1.807, 2.05) is 18.2 Å². The summed E-state index contributed by atoms with van der Waals surface area (Å²) in [6, 6.07) is 10.3. The van der Waals surface area contributed by atoms with Crippen LogP contribution in [0.3, 0.4) is 0 Å². The standard InChI is InChI=1S/C25H39NO5/c1-8-23(6)17-25(29-16-22(30-25)15-28-20(5)27)19(4)24(7,9-2)26(23)31-18(3)21-13-11-10-12-14-21/h10-14,18-19,22H,8-9,15-17H2,1-7H3. The smallest absolute Gasteiger partial charge is 0.302 e. The van der Waals surface area contributed by atoms with Crippen molar-refractivity contribution >= 4 is 5.97 Å². The highest BCUT2D eigenvalue weighted by molar-refractivity contribution is 5.65. The Labute approximate surface area is 187 Å². The number of hydroxylamine groups is 2. The van der Waals surface area contributed by atoms with Gasteiger partial charge in [-0.25, -0.2) is 0 Å². The first-order valence-electron chi connectivity index (χ1n) is 11.6. The molecule has 1 spiro atoms. The molecule has 2 aliphatic heterocycles. The minimum atomic E-state index is -0.726. The fraction of sp³-hybridized carbons (Fsp3) is 0.720. The molecule has 0 N–H and O–H groups in total. The summed E-state index contributed by atoms with van der Waals surface area (Å²) in [5.74, 6) is -0.974. The fourth-order valence-corrected chi connectivity index (χ4v) is 5.13. The summed E-state index contributed by atoms with van der Waals surface area (Å²) in [6.07, 6.45) is 2.14. The summed E-state index contributed by atoms with van der Waals surface area (Å²) in [4.78, 5) is 18.0. The molecule has 2 aliphatic rings. The van der Waals surface area contributed by atoms with Crippen molar-refractivity contribution in [2.24, 2.45) is 5.92 Å². The van der Waals surface area contributed by atoms with Crippen LogP contribution in [0.4, 0.5) is 0 Å². The third kappa shape index (κ3) is 4.54. The van der Waals surface area contributed by atoms with Crippen LogP contribution in [0.15, 0.2) is 30.3 Å². The average molecular weight is 434 g/mol. The maximum Gasteiger partial charge on any atom is 0.302 e. The highest BCUT2D eigenvalue weighted by atomic mass is 16.8. The molecule has 0 aromatic heterocycles. The van der Waals surface area contributed by atoms with Crippen molar-refractivity contribution < 1.29 is 23.8 Å². The quantitative estimate of drug-likeness (QED) is 0.562. The molecule has 0 amide bonds. The molecule has 0 saturated carbocycles. The largest absolute Gasteiger partial charge is 0.463 e. The highest BCUT2D eigenvalue weighted by Gasteiger charge is 2.64. The second-order valence-electron chi connectivity index (χ2n) is 9.58. The molecular formula is C25H39NO5. The second-order valence-corrected chi connectivity index (χ2v) is 9.58. The van der Waals surface area contributed by atoms with Gasteiger partial charge in [0.15, 0.2) is 5.79 Å². The van der Waals surface area contributed by atoms with Crippen LogP contribution in [0.1, 0.15) is 79.4 Å². The van der Waals surface area contributed by atoms with Crippen LogP contribution < -0.4 is 0 Å². The average Bonchev–Trinajstić information content (AvgIpc) is 3.18. The maximum atomic E-state index is 11.3. The molecular weight excluding hydrogens is 394 g/mol. The topological polar surface area (TPSA) is 57.2 Å². The van der Waals surface area contributed by atoms with Gasteiger partial charge in [0.05, 0.1) is 12.1 Å². The lowest BCUT2D eigenvalue weighted by atomic mass is 9.67. The minimum absolute atomic E-state index is 0.0509. The molecule has 6 unspecified atom stereocenters. The van der Waals surface area contributed by atoms with Gasteiger partial charge >= 0.3 is 5.97 Å². The van der Waals surface area contributed by atoms with Gasteiger partial charge in [0, 0.05) is 24.8 Å². The summed E-state index contributed by atoms with van der Waals surface area (Å²) >= 11 is 0. The first-order chi connectivity index (χ1) is 14.6. The lowest BCUT2D eigenvalue weighted by Crippen LogP contribution is -2.71. The third-order valence-electron chi connectivity index (χ3n) is 7.54. The number of esters is 1. The predicted molar refractivity (Wildman–Crippen MR) is 119 cm³/mol. The minimum Gasteiger partial charge on any atom is -0.463 e. The molecule has 174 valence electrons. The van der Waals surface area contributed by atoms with Crippen molar-refractivity contribution in [1.29, 1.82) is 0 Å². The number of carbonyl (C=O) groups is 1. The van der Waals surface area contributed by atoms with Crippen molar-refractivity contribution in [3.05, 3.63) is 35.9 Å². The summed E-state index contributed by atoms with van der Waals surface area (Å²) in [7, 11) is 0. The van der Waals surface area contributed by atoms with Gasteiger partial charge in [0.2, 0.25) is 0 Å². The van der Waals surface area contributed by atoms with Gasteiger partial charge in [0.25, 0.3) is 0 Å². The molecule has 2 heterocycles. The van der Waals surface area contributed by atoms with Crippen molar-refractivity contribution in [2.45, 2.75) is 96.8 Å². The van der Waals surface area contributed by atoms with E-state index in [0.717, 1.165) is 18.4 Å². The molecule has 1 aromatic carbocycles. The first kappa shape index (κ1) is 24.2. The number of hydrogen-bond donors (Lipinski definition) is 0. The SMILES string of the molecule is CCC1(C)CC2(OCC(COC(C)=O)O2)C(C)C(C)(CC)N1OC(C)c1ccccc1. The van der Waals surface area contributed by atoms with E-state index in [-0.39, 0.29) is 41.8 Å². The lowest BCUT2D eigenvalue weighted by Gasteiger charge is -2.62. The lowest BCUT2D eigenvalue weighted by molar-refractivity contribution is -0.380. The number of ether oxygens (including phenoxy) is 3. The van der Waals surface area contributed by atoms with Crippen LogP contribution >= 0.6 is 0 Å². The van der Waals surface area contributed by atoms with Gasteiger partial charge in [-0.3, -0.25) is 9.63 Å². The summed E-state index contributed by atoms with van der Waals surface area (Å²) < 4.78 is 18.1. The Bertz CT molecular complexity index is 758. The molecule has 0 aliphatic carbocycles. The van der Waals surface area contributed by atoms with E-state index in [1.54, 1.807) is 0 Å². The van der Waals surface area contributed by atoms with Gasteiger partial charge in [-0.2, -0.15) is 5.06 Å². The molecule has 1 aromatic rings. The Hall–Kier alpha value is -1.47. The highest BCUT2D eigenvalue weighted by Crippen LogP contribution is 2.54. The van der Waals surface area contributed by atoms with Crippen LogP contribution in [0.5, 0.6) is 0 Å². The van der Waals surface area contributed by atoms with Crippen molar-refractivity contribution in [1.82, 2.24) is 5.06 Å². The molecule has 6 nitrogen and oxygen atoms in total. The summed E-state index contributed by atoms with van der Waals surface area (Å²) in [6.45, 7) is 15.2. The Morgan fingerprint density at radius 1 is 1.23 bits per heavy atom. The molecule has 0 bridgehead atoms. The first-order valence-corrected chi connectivity index (χ1v) is 11.6. The van der Waals surface area contributed by atoms with E-state index in [0.29, 0.717) is 13.0 Å². The third-order valence-corrected chi connectivity index (χ3v) is 7.54. The van der Waals surface area contributed by atoms with Crippen LogP contribution in [0.2, 0.25) is 0 Å². The van der Waals surface area contributed by atoms with Gasteiger partial charge in [-0.1, -0.05) is 51.1 Å². The normalized spacial score (nSPS) is 37.1. The van der Waals surface area contributed by atoms with Crippen molar-refractivity contribution in [3.8, 4) is 0 Å². The molecule has 0 radical (unpaired) electrons. The van der Waals surface area contributed by atoms with Gasteiger partial charge < -0.3 is 14.2 Å². The summed E-state index contributed by atoms with van der Waals surface area (Å²) in [5.41, 5.74) is 0.570. The van der Waals surface area contributed by atoms with E-state index < -0.39 is 5.79 Å². The Kier molecular flexibility index (Phi) is 7.16. The van der Waals surface area contributed by atoms with Crippen LogP contribution in [-0.2, 0) is 23.8 Å². The van der Waals surface area contributed by atoms with Gasteiger partial charge in [-0.15, -0.1) is 0 Å². The van der Waals surface area contributed by atoms with Crippen molar-refractivity contribution in [3.63, 3.8) is 0 Å². The van der Waals surface area contributed by atoms with Gasteiger partial charge in [-0.05, 0) is 39.2 Å². The van der Waals surface area contributed by atoms with E-state index in [9.17, 15) is 4.79 Å². The second kappa shape index (κ2) is 9.18. The zero-order chi connectivity index (χ0) is 22.9. The zero-order valence-electron chi connectivity index (χ0n) is 20.1. The molecule has 2 saturated heterocycles. The molecule has 6 atom stereocenters. The van der Waals surface area contributed by atoms with Crippen molar-refractivity contribution in [2.75, 3.05) is 13.2 Å². The number of carbonyl (C=O) groups excluding carboxylic acids is 1. The molecule has 31 heavy (non-hydrogen) atoms. The van der Waals surface area contributed by atoms with E-state index in [4.69, 9.17) is 19.0 Å². The number of nitrogens with zero attached hydrogens (tertiary/aromatic N) is 1. The number of benzene rings is 1. The molecule has 6 heteroatoms. The predicted octanol–water partition coefficient (Wildman–Crippen LogP) is 5.03. The number of piperidine rings is 1. The van der Waals surface area contributed by atoms with Gasteiger partial charge in [0.1, 0.15) is 18.8 Å². The Morgan fingerprint density at radius 3 is 2.48 bits per heavy atom. The molecule has 3 rings (SSSR count). The van der Waals surface area contributed by atoms with Crippen LogP contribution in [-0.4, -0.2) is 47.2 Å².